The Morgan fingerprint density at radius 3 is 2.86 bits per heavy atom. The molecule has 2 atom stereocenters. The lowest BCUT2D eigenvalue weighted by Crippen LogP contribution is -2.29. The summed E-state index contributed by atoms with van der Waals surface area (Å²) >= 11 is 0. The highest BCUT2D eigenvalue weighted by atomic mass is 16.5. The number of rotatable bonds is 6. The summed E-state index contributed by atoms with van der Waals surface area (Å²) in [7, 11) is 0. The molecule has 1 fully saturated rings. The standard InChI is InChI=1S/C20H28O2/c1-2-3-4-5-9-14-19-20(15-10-11-16-21-19)22-17-18-12-7-6-8-13-18/h6-8,12-13,19-20H,2-5,10-11,15-17H2,1H3/t19-,20+/m0/s1. The number of unbranched alkanes of at least 4 members (excludes halogenated alkanes) is 3. The van der Waals surface area contributed by atoms with Crippen LogP contribution in [0, 0.1) is 11.8 Å². The van der Waals surface area contributed by atoms with Gasteiger partial charge in [0, 0.05) is 13.0 Å². The van der Waals surface area contributed by atoms with Gasteiger partial charge in [-0.05, 0) is 31.2 Å². The van der Waals surface area contributed by atoms with Gasteiger partial charge in [0.25, 0.3) is 0 Å². The fraction of sp³-hybridized carbons (Fsp3) is 0.600. The summed E-state index contributed by atoms with van der Waals surface area (Å²) in [6.07, 6.45) is 8.01. The van der Waals surface area contributed by atoms with Gasteiger partial charge in [0.15, 0.2) is 0 Å². The van der Waals surface area contributed by atoms with Gasteiger partial charge in [-0.15, -0.1) is 5.92 Å². The first-order valence-corrected chi connectivity index (χ1v) is 8.65. The fourth-order valence-electron chi connectivity index (χ4n) is 2.64. The summed E-state index contributed by atoms with van der Waals surface area (Å²) in [5, 5.41) is 0. The van der Waals surface area contributed by atoms with Crippen LogP contribution in [-0.4, -0.2) is 18.8 Å². The Labute approximate surface area is 135 Å². The van der Waals surface area contributed by atoms with Crippen molar-refractivity contribution < 1.29 is 9.47 Å². The summed E-state index contributed by atoms with van der Waals surface area (Å²) in [4.78, 5) is 0. The number of hydrogen-bond acceptors (Lipinski definition) is 2. The van der Waals surface area contributed by atoms with E-state index in [1.165, 1.54) is 24.8 Å². The molecule has 1 aromatic carbocycles. The molecule has 2 nitrogen and oxygen atoms in total. The van der Waals surface area contributed by atoms with E-state index in [4.69, 9.17) is 9.47 Å². The zero-order valence-corrected chi connectivity index (χ0v) is 13.7. The largest absolute Gasteiger partial charge is 0.370 e. The molecule has 2 heteroatoms. The summed E-state index contributed by atoms with van der Waals surface area (Å²) in [6.45, 7) is 3.66. The molecular formula is C20H28O2. The number of ether oxygens (including phenoxy) is 2. The highest BCUT2D eigenvalue weighted by molar-refractivity contribution is 5.14. The van der Waals surface area contributed by atoms with Gasteiger partial charge in [-0.3, -0.25) is 0 Å². The van der Waals surface area contributed by atoms with Gasteiger partial charge in [-0.2, -0.15) is 0 Å². The molecule has 0 aliphatic carbocycles. The molecule has 1 aliphatic rings. The third kappa shape index (κ3) is 6.22. The van der Waals surface area contributed by atoms with Crippen molar-refractivity contribution in [3.8, 4) is 11.8 Å². The van der Waals surface area contributed by atoms with E-state index >= 15 is 0 Å². The molecule has 22 heavy (non-hydrogen) atoms. The summed E-state index contributed by atoms with van der Waals surface area (Å²) in [5.41, 5.74) is 1.21. The van der Waals surface area contributed by atoms with E-state index < -0.39 is 0 Å². The third-order valence-corrected chi connectivity index (χ3v) is 3.97. The maximum Gasteiger partial charge on any atom is 0.144 e. The van der Waals surface area contributed by atoms with Crippen molar-refractivity contribution in [2.75, 3.05) is 6.61 Å². The lowest BCUT2D eigenvalue weighted by molar-refractivity contribution is -0.0456. The first-order valence-electron chi connectivity index (χ1n) is 8.65. The molecule has 120 valence electrons. The Morgan fingerprint density at radius 1 is 1.18 bits per heavy atom. The Balaban J connectivity index is 1.86. The monoisotopic (exact) mass is 300 g/mol. The van der Waals surface area contributed by atoms with Gasteiger partial charge >= 0.3 is 0 Å². The fourth-order valence-corrected chi connectivity index (χ4v) is 2.64. The van der Waals surface area contributed by atoms with Crippen LogP contribution in [0.15, 0.2) is 30.3 Å². The highest BCUT2D eigenvalue weighted by Crippen LogP contribution is 2.18. The van der Waals surface area contributed by atoms with E-state index in [9.17, 15) is 0 Å². The molecule has 0 aromatic heterocycles. The first-order chi connectivity index (χ1) is 10.9. The highest BCUT2D eigenvalue weighted by Gasteiger charge is 2.23. The van der Waals surface area contributed by atoms with E-state index in [0.717, 1.165) is 32.3 Å². The average Bonchev–Trinajstić information content (AvgIpc) is 2.79. The maximum absolute atomic E-state index is 6.11. The maximum atomic E-state index is 6.11. The van der Waals surface area contributed by atoms with E-state index in [1.807, 2.05) is 18.2 Å². The second-order valence-corrected chi connectivity index (χ2v) is 5.90. The number of hydrogen-bond donors (Lipinski definition) is 0. The molecule has 1 aliphatic heterocycles. The van der Waals surface area contributed by atoms with Crippen molar-refractivity contribution >= 4 is 0 Å². The van der Waals surface area contributed by atoms with E-state index in [1.54, 1.807) is 0 Å². The van der Waals surface area contributed by atoms with Crippen molar-refractivity contribution in [2.45, 2.75) is 70.7 Å². The molecular weight excluding hydrogens is 272 g/mol. The Bertz CT molecular complexity index is 458. The zero-order chi connectivity index (χ0) is 15.5. The average molecular weight is 300 g/mol. The first kappa shape index (κ1) is 17.1. The summed E-state index contributed by atoms with van der Waals surface area (Å²) in [6, 6.07) is 10.3. The minimum atomic E-state index is -0.0622. The van der Waals surface area contributed by atoms with Gasteiger partial charge in [-0.25, -0.2) is 0 Å². The Kier molecular flexibility index (Phi) is 8.09. The van der Waals surface area contributed by atoms with Crippen molar-refractivity contribution in [3.05, 3.63) is 35.9 Å². The molecule has 0 radical (unpaired) electrons. The minimum absolute atomic E-state index is 0.0622. The SMILES string of the molecule is CCCCCC#C[C@@H]1OCCCC[C@H]1OCc1ccccc1. The van der Waals surface area contributed by atoms with Crippen molar-refractivity contribution in [2.24, 2.45) is 0 Å². The minimum Gasteiger partial charge on any atom is -0.370 e. The van der Waals surface area contributed by atoms with Crippen molar-refractivity contribution in [3.63, 3.8) is 0 Å². The van der Waals surface area contributed by atoms with Crippen molar-refractivity contribution in [1.82, 2.24) is 0 Å². The predicted molar refractivity (Wildman–Crippen MR) is 90.5 cm³/mol. The molecule has 0 bridgehead atoms. The van der Waals surface area contributed by atoms with Crippen LogP contribution < -0.4 is 0 Å². The van der Waals surface area contributed by atoms with Gasteiger partial charge in [0.1, 0.15) is 6.10 Å². The van der Waals surface area contributed by atoms with Gasteiger partial charge in [0.2, 0.25) is 0 Å². The van der Waals surface area contributed by atoms with Crippen LogP contribution >= 0.6 is 0 Å². The topological polar surface area (TPSA) is 18.5 Å². The van der Waals surface area contributed by atoms with Crippen LogP contribution in [0.4, 0.5) is 0 Å². The molecule has 1 heterocycles. The van der Waals surface area contributed by atoms with Crippen LogP contribution in [0.25, 0.3) is 0 Å². The molecule has 0 unspecified atom stereocenters. The van der Waals surface area contributed by atoms with E-state index in [2.05, 4.69) is 30.9 Å². The molecule has 0 N–H and O–H groups in total. The third-order valence-electron chi connectivity index (χ3n) is 3.97. The number of benzene rings is 1. The smallest absolute Gasteiger partial charge is 0.144 e. The molecule has 0 amide bonds. The second kappa shape index (κ2) is 10.4. The second-order valence-electron chi connectivity index (χ2n) is 5.90. The molecule has 0 spiro atoms. The van der Waals surface area contributed by atoms with Gasteiger partial charge in [0.05, 0.1) is 12.7 Å². The molecule has 1 aromatic rings. The van der Waals surface area contributed by atoms with Crippen LogP contribution in [0.2, 0.25) is 0 Å². The normalized spacial score (nSPS) is 21.7. The van der Waals surface area contributed by atoms with E-state index in [-0.39, 0.29) is 12.2 Å². The van der Waals surface area contributed by atoms with Crippen LogP contribution in [0.3, 0.4) is 0 Å². The lowest BCUT2D eigenvalue weighted by atomic mass is 10.1. The van der Waals surface area contributed by atoms with Gasteiger partial charge < -0.3 is 9.47 Å². The van der Waals surface area contributed by atoms with E-state index in [0.29, 0.717) is 6.61 Å². The summed E-state index contributed by atoms with van der Waals surface area (Å²) < 4.78 is 12.0. The zero-order valence-electron chi connectivity index (χ0n) is 13.7. The summed E-state index contributed by atoms with van der Waals surface area (Å²) in [5.74, 6) is 6.60. The van der Waals surface area contributed by atoms with Gasteiger partial charge in [-0.1, -0.05) is 56.0 Å². The Morgan fingerprint density at radius 2 is 2.05 bits per heavy atom. The van der Waals surface area contributed by atoms with Crippen LogP contribution in [0.1, 0.15) is 57.4 Å². The molecule has 1 saturated heterocycles. The van der Waals surface area contributed by atoms with Crippen molar-refractivity contribution in [1.29, 1.82) is 0 Å². The molecule has 0 saturated carbocycles. The predicted octanol–water partition coefficient (Wildman–Crippen LogP) is 4.72. The van der Waals surface area contributed by atoms with Crippen LogP contribution in [-0.2, 0) is 16.1 Å². The Hall–Kier alpha value is -1.30. The lowest BCUT2D eigenvalue weighted by Gasteiger charge is -2.21. The molecule has 2 rings (SSSR count). The van der Waals surface area contributed by atoms with Crippen LogP contribution in [0.5, 0.6) is 0 Å². The quantitative estimate of drug-likeness (QED) is 0.559.